The molecule has 0 spiro atoms. The van der Waals surface area contributed by atoms with E-state index in [0.717, 1.165) is 0 Å². The maximum atomic E-state index is 10.3. The van der Waals surface area contributed by atoms with Crippen LogP contribution in [-0.2, 0) is 9.22 Å². The lowest BCUT2D eigenvalue weighted by Crippen LogP contribution is -2.42. The minimum atomic E-state index is -1.85. The summed E-state index contributed by atoms with van der Waals surface area (Å²) in [5.74, 6) is -0.889. The Bertz CT molecular complexity index is 170. The monoisotopic (exact) mass is 190 g/mol. The number of hydrogen-bond acceptors (Lipinski definition) is 2. The van der Waals surface area contributed by atoms with Crippen LogP contribution >= 0.6 is 0 Å². The summed E-state index contributed by atoms with van der Waals surface area (Å²) < 4.78 is 5.39. The van der Waals surface area contributed by atoms with Crippen LogP contribution in [0.2, 0.25) is 18.1 Å². The van der Waals surface area contributed by atoms with Crippen LogP contribution in [0, 0.1) is 0 Å². The van der Waals surface area contributed by atoms with Gasteiger partial charge in [0.05, 0.1) is 0 Å². The zero-order valence-corrected chi connectivity index (χ0v) is 9.47. The summed E-state index contributed by atoms with van der Waals surface area (Å²) >= 11 is 0. The highest BCUT2D eigenvalue weighted by molar-refractivity contribution is 6.74. The fourth-order valence-corrected chi connectivity index (χ4v) is 1.38. The first-order valence-electron chi connectivity index (χ1n) is 4.02. The Morgan fingerprint density at radius 3 is 2.08 bits per heavy atom. The maximum Gasteiger partial charge on any atom is 0.328 e. The molecule has 0 aliphatic carbocycles. The van der Waals surface area contributed by atoms with Crippen molar-refractivity contribution in [3.63, 3.8) is 0 Å². The quantitative estimate of drug-likeness (QED) is 0.693. The summed E-state index contributed by atoms with van der Waals surface area (Å²) in [5.41, 5.74) is 0. The highest BCUT2D eigenvalue weighted by Crippen LogP contribution is 2.36. The first-order chi connectivity index (χ1) is 5.17. The summed E-state index contributed by atoms with van der Waals surface area (Å²) in [4.78, 5) is 10.3. The summed E-state index contributed by atoms with van der Waals surface area (Å²) in [6.07, 6.45) is 0. The van der Waals surface area contributed by atoms with Crippen molar-refractivity contribution < 1.29 is 14.3 Å². The number of hydrogen-bond donors (Lipinski definition) is 1. The van der Waals surface area contributed by atoms with Crippen molar-refractivity contribution in [2.75, 3.05) is 6.61 Å². The topological polar surface area (TPSA) is 46.5 Å². The van der Waals surface area contributed by atoms with Gasteiger partial charge in [-0.05, 0) is 18.1 Å². The molecule has 1 N–H and O–H groups in total. The molecule has 4 heteroatoms. The van der Waals surface area contributed by atoms with E-state index in [1.54, 1.807) is 0 Å². The average molecular weight is 190 g/mol. The molecule has 0 unspecified atom stereocenters. The lowest BCUT2D eigenvalue weighted by atomic mass is 10.2. The van der Waals surface area contributed by atoms with E-state index < -0.39 is 14.3 Å². The van der Waals surface area contributed by atoms with Crippen LogP contribution < -0.4 is 0 Å². The molecular formula is C8H18O3Si. The fourth-order valence-electron chi connectivity index (χ4n) is 0.459. The number of aliphatic carboxylic acids is 1. The molecule has 0 saturated carbocycles. The molecule has 0 aliphatic heterocycles. The molecule has 0 fully saturated rings. The predicted molar refractivity (Wildman–Crippen MR) is 50.8 cm³/mol. The van der Waals surface area contributed by atoms with Gasteiger partial charge in [-0.3, -0.25) is 0 Å². The third-order valence-electron chi connectivity index (χ3n) is 2.36. The van der Waals surface area contributed by atoms with E-state index in [2.05, 4.69) is 20.8 Å². The van der Waals surface area contributed by atoms with Gasteiger partial charge in [0.25, 0.3) is 0 Å². The van der Waals surface area contributed by atoms with Gasteiger partial charge < -0.3 is 9.53 Å². The zero-order chi connectivity index (χ0) is 9.99. The summed E-state index contributed by atoms with van der Waals surface area (Å²) in [6.45, 7) is 10.2. The van der Waals surface area contributed by atoms with Crippen LogP contribution in [0.25, 0.3) is 0 Å². The van der Waals surface area contributed by atoms with E-state index in [1.165, 1.54) is 0 Å². The predicted octanol–water partition coefficient (Wildman–Crippen LogP) is 2.09. The summed E-state index contributed by atoms with van der Waals surface area (Å²) in [6, 6.07) is 0. The van der Waals surface area contributed by atoms with E-state index in [0.29, 0.717) is 0 Å². The van der Waals surface area contributed by atoms with Crippen molar-refractivity contribution in [1.29, 1.82) is 0 Å². The molecule has 0 aromatic rings. The van der Waals surface area contributed by atoms with Crippen LogP contribution in [0.4, 0.5) is 0 Å². The van der Waals surface area contributed by atoms with E-state index in [9.17, 15) is 4.79 Å². The summed E-state index contributed by atoms with van der Waals surface area (Å²) in [5, 5.41) is 8.53. The molecule has 0 rings (SSSR count). The number of carbonyl (C=O) groups is 1. The van der Waals surface area contributed by atoms with Crippen LogP contribution in [0.3, 0.4) is 0 Å². The minimum Gasteiger partial charge on any atom is -0.480 e. The van der Waals surface area contributed by atoms with Crippen LogP contribution in [-0.4, -0.2) is 26.0 Å². The van der Waals surface area contributed by atoms with E-state index >= 15 is 0 Å². The largest absolute Gasteiger partial charge is 0.480 e. The van der Waals surface area contributed by atoms with Gasteiger partial charge in [0.15, 0.2) is 8.32 Å². The SMILES string of the molecule is CC(C)(C)[Si](C)(C)OCC(=O)O. The van der Waals surface area contributed by atoms with Gasteiger partial charge in [0.1, 0.15) is 6.61 Å². The molecule has 0 aromatic heterocycles. The van der Waals surface area contributed by atoms with Gasteiger partial charge in [-0.1, -0.05) is 20.8 Å². The number of rotatable bonds is 3. The van der Waals surface area contributed by atoms with Crippen LogP contribution in [0.15, 0.2) is 0 Å². The molecule has 0 aromatic carbocycles. The molecule has 0 amide bonds. The standard InChI is InChI=1S/C8H18O3Si/c1-8(2,3)12(4,5)11-6-7(9)10/h6H2,1-5H3,(H,9,10). The van der Waals surface area contributed by atoms with Gasteiger partial charge in [0, 0.05) is 0 Å². The Morgan fingerprint density at radius 1 is 1.42 bits per heavy atom. The van der Waals surface area contributed by atoms with Crippen molar-refractivity contribution in [2.45, 2.75) is 38.9 Å². The van der Waals surface area contributed by atoms with Crippen molar-refractivity contribution in [3.8, 4) is 0 Å². The van der Waals surface area contributed by atoms with Gasteiger partial charge in [-0.25, -0.2) is 4.79 Å². The van der Waals surface area contributed by atoms with Crippen LogP contribution in [0.1, 0.15) is 20.8 Å². The average Bonchev–Trinajstić information content (AvgIpc) is 1.81. The summed E-state index contributed by atoms with van der Waals surface area (Å²) in [7, 11) is -1.85. The molecule has 3 nitrogen and oxygen atoms in total. The number of carboxylic acid groups (broad SMARTS) is 1. The smallest absolute Gasteiger partial charge is 0.328 e. The molecule has 72 valence electrons. The Kier molecular flexibility index (Phi) is 3.47. The first kappa shape index (κ1) is 11.6. The second-order valence-corrected chi connectivity index (χ2v) is 9.25. The molecular weight excluding hydrogens is 172 g/mol. The Hall–Kier alpha value is -0.353. The molecule has 0 radical (unpaired) electrons. The maximum absolute atomic E-state index is 10.3. The van der Waals surface area contributed by atoms with Crippen molar-refractivity contribution in [1.82, 2.24) is 0 Å². The lowest BCUT2D eigenvalue weighted by molar-refractivity contribution is -0.139. The third-order valence-corrected chi connectivity index (χ3v) is 6.84. The van der Waals surface area contributed by atoms with Gasteiger partial charge in [0.2, 0.25) is 0 Å². The van der Waals surface area contributed by atoms with Gasteiger partial charge in [-0.15, -0.1) is 0 Å². The highest BCUT2D eigenvalue weighted by atomic mass is 28.4. The third kappa shape index (κ3) is 3.36. The minimum absolute atomic E-state index is 0.0858. The molecule has 0 heterocycles. The molecule has 0 bridgehead atoms. The Labute approximate surface area is 74.9 Å². The number of carboxylic acids is 1. The van der Waals surface area contributed by atoms with Gasteiger partial charge >= 0.3 is 5.97 Å². The Morgan fingerprint density at radius 2 is 1.83 bits per heavy atom. The molecule has 0 saturated heterocycles. The molecule has 0 atom stereocenters. The molecule has 0 aliphatic rings. The van der Waals surface area contributed by atoms with Crippen LogP contribution in [0.5, 0.6) is 0 Å². The lowest BCUT2D eigenvalue weighted by Gasteiger charge is -2.35. The second kappa shape index (κ2) is 3.58. The fraction of sp³-hybridized carbons (Fsp3) is 0.875. The van der Waals surface area contributed by atoms with Crippen molar-refractivity contribution in [2.24, 2.45) is 0 Å². The highest BCUT2D eigenvalue weighted by Gasteiger charge is 2.37. The Balaban J connectivity index is 4.14. The van der Waals surface area contributed by atoms with E-state index in [-0.39, 0.29) is 11.6 Å². The van der Waals surface area contributed by atoms with Gasteiger partial charge in [-0.2, -0.15) is 0 Å². The zero-order valence-electron chi connectivity index (χ0n) is 8.47. The van der Waals surface area contributed by atoms with E-state index in [1.807, 2.05) is 13.1 Å². The van der Waals surface area contributed by atoms with E-state index in [4.69, 9.17) is 9.53 Å². The van der Waals surface area contributed by atoms with Crippen molar-refractivity contribution >= 4 is 14.3 Å². The first-order valence-corrected chi connectivity index (χ1v) is 6.93. The second-order valence-electron chi connectivity index (χ2n) is 4.44. The normalized spacial score (nSPS) is 13.1. The molecule has 12 heavy (non-hydrogen) atoms. The van der Waals surface area contributed by atoms with Crippen molar-refractivity contribution in [3.05, 3.63) is 0 Å².